The molecule has 2 rings (SSSR count). The molecule has 102 valence electrons. The van der Waals surface area contributed by atoms with Gasteiger partial charge in [-0.15, -0.1) is 0 Å². The van der Waals surface area contributed by atoms with Gasteiger partial charge in [-0.3, -0.25) is 0 Å². The number of hydrogen-bond acceptors (Lipinski definition) is 4. The lowest BCUT2D eigenvalue weighted by molar-refractivity contribution is -0.0645. The number of aryl methyl sites for hydroxylation is 1. The second kappa shape index (κ2) is 4.19. The first-order chi connectivity index (χ1) is 8.16. The van der Waals surface area contributed by atoms with E-state index in [0.717, 1.165) is 0 Å². The Kier molecular flexibility index (Phi) is 3.21. The van der Waals surface area contributed by atoms with Gasteiger partial charge in [0.2, 0.25) is 5.03 Å². The van der Waals surface area contributed by atoms with Crippen molar-refractivity contribution in [2.24, 2.45) is 12.5 Å². The average molecular weight is 294 g/mol. The molecule has 0 amide bonds. The summed E-state index contributed by atoms with van der Waals surface area (Å²) in [7, 11) is -2.13. The lowest BCUT2D eigenvalue weighted by Gasteiger charge is -2.49. The molecular formula is C10H16ClN3O3S. The number of aliphatic hydroxyl groups is 1. The summed E-state index contributed by atoms with van der Waals surface area (Å²) in [5.74, 6) is 0. The van der Waals surface area contributed by atoms with Crippen LogP contribution in [0.3, 0.4) is 0 Å². The SMILES string of the molecule is Cn1cnc(S(=O)(=O)NC2CC(O)C2(C)C)c1Cl. The number of rotatable bonds is 3. The number of halogens is 1. The zero-order valence-corrected chi connectivity index (χ0v) is 12.0. The topological polar surface area (TPSA) is 84.2 Å². The molecule has 2 unspecified atom stereocenters. The van der Waals surface area contributed by atoms with Crippen LogP contribution in [0.25, 0.3) is 0 Å². The fourth-order valence-electron chi connectivity index (χ4n) is 1.92. The molecule has 1 aliphatic rings. The summed E-state index contributed by atoms with van der Waals surface area (Å²) in [6.07, 6.45) is 1.25. The predicted octanol–water partition coefficient (Wildman–Crippen LogP) is 0.511. The normalized spacial score (nSPS) is 26.9. The van der Waals surface area contributed by atoms with E-state index < -0.39 is 21.5 Å². The second-order valence-electron chi connectivity index (χ2n) is 5.20. The van der Waals surface area contributed by atoms with Crippen molar-refractivity contribution in [2.75, 3.05) is 0 Å². The molecule has 0 spiro atoms. The molecule has 6 nitrogen and oxygen atoms in total. The smallest absolute Gasteiger partial charge is 0.261 e. The molecular weight excluding hydrogens is 278 g/mol. The minimum absolute atomic E-state index is 0.0696. The highest BCUT2D eigenvalue weighted by Crippen LogP contribution is 2.41. The molecule has 0 aliphatic heterocycles. The molecule has 2 atom stereocenters. The summed E-state index contributed by atoms with van der Waals surface area (Å²) in [6.45, 7) is 3.63. The summed E-state index contributed by atoms with van der Waals surface area (Å²) in [4.78, 5) is 3.78. The van der Waals surface area contributed by atoms with E-state index in [1.807, 2.05) is 13.8 Å². The zero-order chi connectivity index (χ0) is 13.7. The third-order valence-electron chi connectivity index (χ3n) is 3.60. The lowest BCUT2D eigenvalue weighted by Crippen LogP contribution is -2.61. The van der Waals surface area contributed by atoms with Crippen molar-refractivity contribution < 1.29 is 13.5 Å². The van der Waals surface area contributed by atoms with Gasteiger partial charge < -0.3 is 9.67 Å². The highest BCUT2D eigenvalue weighted by atomic mass is 35.5. The van der Waals surface area contributed by atoms with E-state index in [4.69, 9.17) is 11.6 Å². The maximum Gasteiger partial charge on any atom is 0.261 e. The Hall–Kier alpha value is -0.630. The third-order valence-corrected chi connectivity index (χ3v) is 5.56. The maximum atomic E-state index is 12.1. The second-order valence-corrected chi connectivity index (χ2v) is 7.19. The summed E-state index contributed by atoms with van der Waals surface area (Å²) in [5.41, 5.74) is -0.478. The van der Waals surface area contributed by atoms with Crippen LogP contribution in [0.5, 0.6) is 0 Å². The number of aliphatic hydroxyl groups excluding tert-OH is 1. The average Bonchev–Trinajstić information content (AvgIpc) is 2.60. The molecule has 0 aromatic carbocycles. The van der Waals surface area contributed by atoms with E-state index in [-0.39, 0.29) is 16.2 Å². The summed E-state index contributed by atoms with van der Waals surface area (Å²) < 4.78 is 28.2. The molecule has 18 heavy (non-hydrogen) atoms. The molecule has 1 aromatic heterocycles. The van der Waals surface area contributed by atoms with Gasteiger partial charge in [-0.05, 0) is 6.42 Å². The van der Waals surface area contributed by atoms with Gasteiger partial charge in [0, 0.05) is 18.5 Å². The van der Waals surface area contributed by atoms with Crippen molar-refractivity contribution in [1.82, 2.24) is 14.3 Å². The molecule has 1 aliphatic carbocycles. The van der Waals surface area contributed by atoms with Crippen LogP contribution in [-0.4, -0.2) is 35.2 Å². The molecule has 2 N–H and O–H groups in total. The number of hydrogen-bond donors (Lipinski definition) is 2. The van der Waals surface area contributed by atoms with Crippen LogP contribution in [0.4, 0.5) is 0 Å². The van der Waals surface area contributed by atoms with Gasteiger partial charge >= 0.3 is 0 Å². The van der Waals surface area contributed by atoms with Crippen LogP contribution in [0, 0.1) is 5.41 Å². The van der Waals surface area contributed by atoms with Gasteiger partial charge in [0.15, 0.2) is 0 Å². The molecule has 1 fully saturated rings. The number of aromatic nitrogens is 2. The fourth-order valence-corrected chi connectivity index (χ4v) is 3.75. The van der Waals surface area contributed by atoms with Crippen LogP contribution >= 0.6 is 11.6 Å². The van der Waals surface area contributed by atoms with E-state index in [1.54, 1.807) is 7.05 Å². The first-order valence-electron chi connectivity index (χ1n) is 5.53. The molecule has 1 aromatic rings. The van der Waals surface area contributed by atoms with Crippen molar-refractivity contribution in [3.63, 3.8) is 0 Å². The molecule has 0 bridgehead atoms. The summed E-state index contributed by atoms with van der Waals surface area (Å²) >= 11 is 5.87. The number of nitrogens with zero attached hydrogens (tertiary/aromatic N) is 2. The molecule has 0 saturated heterocycles. The Morgan fingerprint density at radius 2 is 2.22 bits per heavy atom. The number of nitrogens with one attached hydrogen (secondary N) is 1. The van der Waals surface area contributed by atoms with Crippen LogP contribution < -0.4 is 4.72 Å². The summed E-state index contributed by atoms with van der Waals surface area (Å²) in [5, 5.41) is 9.48. The standard InChI is InChI=1S/C10H16ClN3O3S/c1-10(2)6(4-7(10)15)13-18(16,17)9-8(11)14(3)5-12-9/h5-7,13,15H,4H2,1-3H3. The monoisotopic (exact) mass is 293 g/mol. The molecule has 8 heteroatoms. The van der Waals surface area contributed by atoms with Crippen LogP contribution in [0.2, 0.25) is 5.15 Å². The molecule has 0 radical (unpaired) electrons. The van der Waals surface area contributed by atoms with Crippen molar-refractivity contribution in [2.45, 2.75) is 37.4 Å². The van der Waals surface area contributed by atoms with E-state index in [0.29, 0.717) is 6.42 Å². The van der Waals surface area contributed by atoms with Crippen molar-refractivity contribution in [1.29, 1.82) is 0 Å². The molecule has 1 saturated carbocycles. The van der Waals surface area contributed by atoms with E-state index >= 15 is 0 Å². The van der Waals surface area contributed by atoms with Gasteiger partial charge in [-0.1, -0.05) is 25.4 Å². The largest absolute Gasteiger partial charge is 0.392 e. The lowest BCUT2D eigenvalue weighted by atomic mass is 9.65. The highest BCUT2D eigenvalue weighted by Gasteiger charge is 2.49. The van der Waals surface area contributed by atoms with E-state index in [2.05, 4.69) is 9.71 Å². The van der Waals surface area contributed by atoms with Gasteiger partial charge in [0.25, 0.3) is 10.0 Å². The Balaban J connectivity index is 2.22. The van der Waals surface area contributed by atoms with Crippen LogP contribution in [-0.2, 0) is 17.1 Å². The number of imidazole rings is 1. The quantitative estimate of drug-likeness (QED) is 0.850. The predicted molar refractivity (Wildman–Crippen MR) is 66.7 cm³/mol. The van der Waals surface area contributed by atoms with E-state index in [9.17, 15) is 13.5 Å². The van der Waals surface area contributed by atoms with Gasteiger partial charge in [-0.25, -0.2) is 18.1 Å². The maximum absolute atomic E-state index is 12.1. The highest BCUT2D eigenvalue weighted by molar-refractivity contribution is 7.89. The van der Waals surface area contributed by atoms with Crippen molar-refractivity contribution in [3.05, 3.63) is 11.5 Å². The Labute approximate surface area is 111 Å². The van der Waals surface area contributed by atoms with Crippen molar-refractivity contribution >= 4 is 21.6 Å². The van der Waals surface area contributed by atoms with Gasteiger partial charge in [-0.2, -0.15) is 0 Å². The van der Waals surface area contributed by atoms with Gasteiger partial charge in [0.05, 0.1) is 12.4 Å². The zero-order valence-electron chi connectivity index (χ0n) is 10.4. The fraction of sp³-hybridized carbons (Fsp3) is 0.700. The van der Waals surface area contributed by atoms with Crippen LogP contribution in [0.1, 0.15) is 20.3 Å². The van der Waals surface area contributed by atoms with Crippen LogP contribution in [0.15, 0.2) is 11.4 Å². The first kappa shape index (κ1) is 13.8. The Bertz CT molecular complexity index is 567. The number of sulfonamides is 1. The molecule has 1 heterocycles. The third kappa shape index (κ3) is 2.05. The first-order valence-corrected chi connectivity index (χ1v) is 7.39. The minimum atomic E-state index is -3.75. The Morgan fingerprint density at radius 3 is 2.61 bits per heavy atom. The van der Waals surface area contributed by atoms with Crippen molar-refractivity contribution in [3.8, 4) is 0 Å². The Morgan fingerprint density at radius 1 is 1.61 bits per heavy atom. The summed E-state index contributed by atoms with van der Waals surface area (Å²) in [6, 6.07) is -0.310. The van der Waals surface area contributed by atoms with Gasteiger partial charge in [0.1, 0.15) is 5.15 Å². The minimum Gasteiger partial charge on any atom is -0.392 e. The van der Waals surface area contributed by atoms with E-state index in [1.165, 1.54) is 10.9 Å².